The molecule has 8 heteroatoms. The molecule has 3 aromatic rings. The van der Waals surface area contributed by atoms with Crippen molar-refractivity contribution in [2.75, 3.05) is 6.73 Å². The number of carbonyl (C=O) groups is 1. The topological polar surface area (TPSA) is 80.5 Å². The molecule has 5 rings (SSSR count). The van der Waals surface area contributed by atoms with Crippen molar-refractivity contribution >= 4 is 17.5 Å². The number of nitrogens with zero attached hydrogens (tertiary/aromatic N) is 4. The molecule has 1 N–H and O–H groups in total. The van der Waals surface area contributed by atoms with E-state index < -0.39 is 6.10 Å². The first-order valence-corrected chi connectivity index (χ1v) is 10.8. The highest BCUT2D eigenvalue weighted by molar-refractivity contribution is 6.33. The van der Waals surface area contributed by atoms with Crippen LogP contribution in [0.2, 0.25) is 5.02 Å². The van der Waals surface area contributed by atoms with Crippen LogP contribution >= 0.6 is 11.6 Å². The fourth-order valence-corrected chi connectivity index (χ4v) is 4.70. The lowest BCUT2D eigenvalue weighted by molar-refractivity contribution is 0.0127. The van der Waals surface area contributed by atoms with Crippen LogP contribution in [0.4, 0.5) is 0 Å². The van der Waals surface area contributed by atoms with E-state index in [1.165, 1.54) is 0 Å². The van der Waals surface area contributed by atoms with Crippen molar-refractivity contribution in [2.45, 2.75) is 44.8 Å². The lowest BCUT2D eigenvalue weighted by atomic mass is 9.96. The molecule has 2 aromatic heterocycles. The van der Waals surface area contributed by atoms with Crippen LogP contribution in [0.3, 0.4) is 0 Å². The average molecular weight is 439 g/mol. The number of halogens is 1. The highest BCUT2D eigenvalue weighted by atomic mass is 35.5. The zero-order chi connectivity index (χ0) is 21.5. The van der Waals surface area contributed by atoms with Crippen molar-refractivity contribution in [3.8, 4) is 11.6 Å². The van der Waals surface area contributed by atoms with Crippen molar-refractivity contribution in [1.82, 2.24) is 19.7 Å². The number of aliphatic hydroxyl groups excluding tert-OH is 1. The smallest absolute Gasteiger partial charge is 0.260 e. The van der Waals surface area contributed by atoms with Crippen molar-refractivity contribution in [3.05, 3.63) is 70.1 Å². The minimum atomic E-state index is -0.506. The molecule has 1 saturated carbocycles. The molecule has 1 aliphatic carbocycles. The van der Waals surface area contributed by atoms with Gasteiger partial charge >= 0.3 is 0 Å². The Hall–Kier alpha value is -2.90. The third-order valence-electron chi connectivity index (χ3n) is 6.20. The first-order valence-electron chi connectivity index (χ1n) is 10.4. The molecule has 2 atom stereocenters. The Morgan fingerprint density at radius 1 is 1.32 bits per heavy atom. The van der Waals surface area contributed by atoms with E-state index in [4.69, 9.17) is 16.3 Å². The van der Waals surface area contributed by atoms with Gasteiger partial charge in [0.05, 0.1) is 22.7 Å². The Labute approximate surface area is 185 Å². The minimum Gasteiger partial charge on any atom is -0.471 e. The molecule has 1 fully saturated rings. The maximum atomic E-state index is 13.2. The fraction of sp³-hybridized carbons (Fsp3) is 0.348. The molecular formula is C23H23ClN4O3. The molecule has 1 aliphatic heterocycles. The Balaban J connectivity index is 1.43. The van der Waals surface area contributed by atoms with Gasteiger partial charge in [-0.25, -0.2) is 9.67 Å². The molecule has 0 spiro atoms. The van der Waals surface area contributed by atoms with Crippen LogP contribution in [0.1, 0.15) is 46.3 Å². The number of hydrogen-bond donors (Lipinski definition) is 1. The number of benzene rings is 1. The molecule has 0 saturated heterocycles. The van der Waals surface area contributed by atoms with E-state index in [0.717, 1.165) is 35.3 Å². The third kappa shape index (κ3) is 3.58. The van der Waals surface area contributed by atoms with Crippen LogP contribution < -0.4 is 4.74 Å². The Morgan fingerprint density at radius 2 is 2.19 bits per heavy atom. The van der Waals surface area contributed by atoms with Gasteiger partial charge < -0.3 is 9.84 Å². The van der Waals surface area contributed by atoms with Crippen molar-refractivity contribution in [2.24, 2.45) is 0 Å². The van der Waals surface area contributed by atoms with Crippen LogP contribution in [-0.4, -0.2) is 49.6 Å². The molecule has 0 radical (unpaired) electrons. The van der Waals surface area contributed by atoms with E-state index in [0.29, 0.717) is 29.2 Å². The molecule has 3 heterocycles. The quantitative estimate of drug-likeness (QED) is 0.674. The molecule has 7 nitrogen and oxygen atoms in total. The standard InChI is InChI=1S/C23H23ClN4O3/c1-14-16(10-15-6-7-20(25-12-15)28-9-3-8-26-28)11-17-22(21(14)24)31-13-27(23(17)30)18-4-2-5-19(18)29/h3,6-9,11-12,18-19,29H,2,4-5,10,13H2,1H3/t18-,19-/m0/s1. The summed E-state index contributed by atoms with van der Waals surface area (Å²) in [7, 11) is 0. The van der Waals surface area contributed by atoms with Gasteiger partial charge in [0.2, 0.25) is 0 Å². The van der Waals surface area contributed by atoms with Crippen LogP contribution in [0, 0.1) is 6.92 Å². The first-order chi connectivity index (χ1) is 15.0. The SMILES string of the molecule is Cc1c(Cc2ccc(-n3cccn3)nc2)cc2c(c1Cl)OCN([C@H]1CCC[C@@H]1O)C2=O. The normalized spacial score (nSPS) is 20.6. The lowest BCUT2D eigenvalue weighted by Gasteiger charge is -2.35. The maximum Gasteiger partial charge on any atom is 0.260 e. The minimum absolute atomic E-state index is 0.116. The van der Waals surface area contributed by atoms with Gasteiger partial charge in [-0.05, 0) is 67.5 Å². The monoisotopic (exact) mass is 438 g/mol. The number of amides is 1. The number of fused-ring (bicyclic) bond motifs is 1. The van der Waals surface area contributed by atoms with E-state index in [2.05, 4.69) is 10.1 Å². The van der Waals surface area contributed by atoms with Crippen LogP contribution in [0.25, 0.3) is 5.82 Å². The van der Waals surface area contributed by atoms with E-state index >= 15 is 0 Å². The fourth-order valence-electron chi connectivity index (χ4n) is 4.42. The van der Waals surface area contributed by atoms with Gasteiger partial charge in [0.25, 0.3) is 5.91 Å². The van der Waals surface area contributed by atoms with Gasteiger partial charge in [0, 0.05) is 18.6 Å². The van der Waals surface area contributed by atoms with Crippen LogP contribution in [0.5, 0.6) is 5.75 Å². The second kappa shape index (κ2) is 7.98. The molecule has 160 valence electrons. The van der Waals surface area contributed by atoms with Gasteiger partial charge in [-0.15, -0.1) is 0 Å². The summed E-state index contributed by atoms with van der Waals surface area (Å²) in [6.07, 6.45) is 7.84. The number of carbonyl (C=O) groups excluding carboxylic acids is 1. The predicted molar refractivity (Wildman–Crippen MR) is 116 cm³/mol. The zero-order valence-corrected chi connectivity index (χ0v) is 17.9. The van der Waals surface area contributed by atoms with Crippen molar-refractivity contribution in [3.63, 3.8) is 0 Å². The highest BCUT2D eigenvalue weighted by Gasteiger charge is 2.38. The average Bonchev–Trinajstić information content (AvgIpc) is 3.45. The second-order valence-corrected chi connectivity index (χ2v) is 8.50. The van der Waals surface area contributed by atoms with E-state index in [1.54, 1.807) is 15.8 Å². The number of ether oxygens (including phenoxy) is 1. The largest absolute Gasteiger partial charge is 0.471 e. The van der Waals surface area contributed by atoms with Crippen LogP contribution in [-0.2, 0) is 6.42 Å². The summed E-state index contributed by atoms with van der Waals surface area (Å²) in [5, 5.41) is 14.9. The summed E-state index contributed by atoms with van der Waals surface area (Å²) in [6.45, 7) is 2.05. The molecular weight excluding hydrogens is 416 g/mol. The first kappa shape index (κ1) is 20.0. The summed E-state index contributed by atoms with van der Waals surface area (Å²) < 4.78 is 7.58. The number of pyridine rings is 1. The van der Waals surface area contributed by atoms with Gasteiger partial charge in [0.15, 0.2) is 18.3 Å². The summed E-state index contributed by atoms with van der Waals surface area (Å²) in [5.74, 6) is 1.04. The van der Waals surface area contributed by atoms with Gasteiger partial charge in [-0.3, -0.25) is 9.69 Å². The zero-order valence-electron chi connectivity index (χ0n) is 17.2. The van der Waals surface area contributed by atoms with E-state index in [1.807, 2.05) is 43.6 Å². The molecule has 0 unspecified atom stereocenters. The van der Waals surface area contributed by atoms with Gasteiger partial charge in [-0.1, -0.05) is 17.7 Å². The van der Waals surface area contributed by atoms with Crippen LogP contribution in [0.15, 0.2) is 42.9 Å². The predicted octanol–water partition coefficient (Wildman–Crippen LogP) is 3.53. The van der Waals surface area contributed by atoms with Gasteiger partial charge in [-0.2, -0.15) is 5.10 Å². The molecule has 1 aromatic carbocycles. The number of aromatic nitrogens is 3. The summed E-state index contributed by atoms with van der Waals surface area (Å²) in [5.41, 5.74) is 3.29. The summed E-state index contributed by atoms with van der Waals surface area (Å²) in [4.78, 5) is 19.4. The Morgan fingerprint density at radius 3 is 2.87 bits per heavy atom. The molecule has 0 bridgehead atoms. The molecule has 2 aliphatic rings. The summed E-state index contributed by atoms with van der Waals surface area (Å²) in [6, 6.07) is 7.42. The molecule has 31 heavy (non-hydrogen) atoms. The molecule has 1 amide bonds. The number of rotatable bonds is 4. The number of hydrogen-bond acceptors (Lipinski definition) is 5. The van der Waals surface area contributed by atoms with Crippen molar-refractivity contribution < 1.29 is 14.6 Å². The lowest BCUT2D eigenvalue weighted by Crippen LogP contribution is -2.48. The van der Waals surface area contributed by atoms with E-state index in [9.17, 15) is 9.90 Å². The Bertz CT molecular complexity index is 1110. The maximum absolute atomic E-state index is 13.2. The second-order valence-electron chi connectivity index (χ2n) is 8.12. The van der Waals surface area contributed by atoms with E-state index in [-0.39, 0.29) is 18.7 Å². The summed E-state index contributed by atoms with van der Waals surface area (Å²) >= 11 is 6.60. The van der Waals surface area contributed by atoms with Crippen molar-refractivity contribution in [1.29, 1.82) is 0 Å². The van der Waals surface area contributed by atoms with Gasteiger partial charge in [0.1, 0.15) is 0 Å². The highest BCUT2D eigenvalue weighted by Crippen LogP contribution is 2.39. The number of aliphatic hydroxyl groups is 1. The Kier molecular flexibility index (Phi) is 5.16. The third-order valence-corrected chi connectivity index (χ3v) is 6.65.